The summed E-state index contributed by atoms with van der Waals surface area (Å²) in [5.41, 5.74) is 1.50. The molecular weight excluding hydrogens is 160 g/mol. The molecule has 0 aromatic heterocycles. The highest BCUT2D eigenvalue weighted by molar-refractivity contribution is 5.08. The van der Waals surface area contributed by atoms with E-state index in [9.17, 15) is 0 Å². The molecule has 0 aromatic carbocycles. The van der Waals surface area contributed by atoms with Crippen molar-refractivity contribution in [1.82, 2.24) is 10.2 Å². The van der Waals surface area contributed by atoms with Crippen LogP contribution in [0.4, 0.5) is 0 Å². The molecule has 2 nitrogen and oxygen atoms in total. The van der Waals surface area contributed by atoms with Gasteiger partial charge in [0.25, 0.3) is 0 Å². The van der Waals surface area contributed by atoms with Gasteiger partial charge in [0.2, 0.25) is 0 Å². The zero-order chi connectivity index (χ0) is 10.6. The number of nitrogens with one attached hydrogen (secondary N) is 1. The predicted octanol–water partition coefficient (Wildman–Crippen LogP) is 1.88. The van der Waals surface area contributed by atoms with Gasteiger partial charge < -0.3 is 10.2 Å². The standard InChI is InChI=1S/C11H24N2/c1-9(2)8-10(12-5)11(3,4)13(6)7/h8,10,12H,1-7H3. The highest BCUT2D eigenvalue weighted by atomic mass is 15.2. The van der Waals surface area contributed by atoms with Crippen LogP contribution in [0.25, 0.3) is 0 Å². The lowest BCUT2D eigenvalue weighted by Crippen LogP contribution is -2.53. The molecule has 0 amide bonds. The molecule has 1 unspecified atom stereocenters. The van der Waals surface area contributed by atoms with E-state index in [1.165, 1.54) is 5.57 Å². The summed E-state index contributed by atoms with van der Waals surface area (Å²) in [6.07, 6.45) is 2.28. The van der Waals surface area contributed by atoms with Crippen molar-refractivity contribution in [2.24, 2.45) is 0 Å². The Labute approximate surface area is 83.0 Å². The van der Waals surface area contributed by atoms with E-state index in [0.717, 1.165) is 0 Å². The van der Waals surface area contributed by atoms with Gasteiger partial charge in [-0.15, -0.1) is 0 Å². The molecule has 0 rings (SSSR count). The molecule has 1 atom stereocenters. The van der Waals surface area contributed by atoms with E-state index in [1.807, 2.05) is 7.05 Å². The highest BCUT2D eigenvalue weighted by Crippen LogP contribution is 2.17. The number of allylic oxidation sites excluding steroid dienone is 1. The molecule has 0 saturated heterocycles. The fourth-order valence-electron chi connectivity index (χ4n) is 1.25. The van der Waals surface area contributed by atoms with E-state index in [1.54, 1.807) is 0 Å². The van der Waals surface area contributed by atoms with Crippen molar-refractivity contribution in [2.45, 2.75) is 39.3 Å². The van der Waals surface area contributed by atoms with Crippen molar-refractivity contribution < 1.29 is 0 Å². The zero-order valence-electron chi connectivity index (χ0n) is 10.1. The van der Waals surface area contributed by atoms with Crippen LogP contribution < -0.4 is 5.32 Å². The average Bonchev–Trinajstić information content (AvgIpc) is 1.99. The summed E-state index contributed by atoms with van der Waals surface area (Å²) < 4.78 is 0. The van der Waals surface area contributed by atoms with Crippen molar-refractivity contribution in [3.05, 3.63) is 11.6 Å². The minimum absolute atomic E-state index is 0.145. The Morgan fingerprint density at radius 2 is 1.77 bits per heavy atom. The average molecular weight is 184 g/mol. The lowest BCUT2D eigenvalue weighted by molar-refractivity contribution is 0.163. The van der Waals surface area contributed by atoms with Gasteiger partial charge in [-0.05, 0) is 48.8 Å². The number of hydrogen-bond donors (Lipinski definition) is 1. The van der Waals surface area contributed by atoms with Gasteiger partial charge in [0.15, 0.2) is 0 Å². The van der Waals surface area contributed by atoms with E-state index in [2.05, 4.69) is 58.1 Å². The summed E-state index contributed by atoms with van der Waals surface area (Å²) in [7, 11) is 6.24. The smallest absolute Gasteiger partial charge is 0.0431 e. The third-order valence-corrected chi connectivity index (χ3v) is 2.72. The first-order valence-electron chi connectivity index (χ1n) is 4.82. The van der Waals surface area contributed by atoms with E-state index >= 15 is 0 Å². The zero-order valence-corrected chi connectivity index (χ0v) is 10.1. The SMILES string of the molecule is CNC(C=C(C)C)C(C)(C)N(C)C. The Bertz CT molecular complexity index is 177. The maximum atomic E-state index is 3.34. The summed E-state index contributed by atoms with van der Waals surface area (Å²) in [4.78, 5) is 2.24. The van der Waals surface area contributed by atoms with Gasteiger partial charge in [0.05, 0.1) is 0 Å². The van der Waals surface area contributed by atoms with Gasteiger partial charge in [-0.3, -0.25) is 0 Å². The van der Waals surface area contributed by atoms with Crippen LogP contribution in [0.1, 0.15) is 27.7 Å². The van der Waals surface area contributed by atoms with Gasteiger partial charge >= 0.3 is 0 Å². The molecule has 0 fully saturated rings. The molecule has 0 aliphatic heterocycles. The highest BCUT2D eigenvalue weighted by Gasteiger charge is 2.28. The maximum Gasteiger partial charge on any atom is 0.0431 e. The normalized spacial score (nSPS) is 14.5. The molecule has 0 radical (unpaired) electrons. The summed E-state index contributed by atoms with van der Waals surface area (Å²) in [6, 6.07) is 0.396. The Balaban J connectivity index is 4.66. The molecular formula is C11H24N2. The second-order valence-electron chi connectivity index (χ2n) is 4.56. The van der Waals surface area contributed by atoms with Crippen molar-refractivity contribution in [1.29, 1.82) is 0 Å². The van der Waals surface area contributed by atoms with Gasteiger partial charge in [-0.25, -0.2) is 0 Å². The largest absolute Gasteiger partial charge is 0.312 e. The van der Waals surface area contributed by atoms with Crippen molar-refractivity contribution in [3.63, 3.8) is 0 Å². The number of nitrogens with zero attached hydrogens (tertiary/aromatic N) is 1. The van der Waals surface area contributed by atoms with Crippen LogP contribution in [-0.2, 0) is 0 Å². The minimum atomic E-state index is 0.145. The van der Waals surface area contributed by atoms with Crippen LogP contribution >= 0.6 is 0 Å². The first-order valence-corrected chi connectivity index (χ1v) is 4.82. The molecule has 0 aliphatic carbocycles. The molecule has 2 heteroatoms. The van der Waals surface area contributed by atoms with Crippen LogP contribution in [-0.4, -0.2) is 37.6 Å². The van der Waals surface area contributed by atoms with Gasteiger partial charge in [-0.1, -0.05) is 11.6 Å². The molecule has 0 saturated carbocycles. The summed E-state index contributed by atoms with van der Waals surface area (Å²) in [5, 5.41) is 3.34. The fourth-order valence-corrected chi connectivity index (χ4v) is 1.25. The number of likely N-dealkylation sites (N-methyl/N-ethyl adjacent to an activating group) is 2. The summed E-state index contributed by atoms with van der Waals surface area (Å²) in [6.45, 7) is 8.76. The van der Waals surface area contributed by atoms with Crippen molar-refractivity contribution in [3.8, 4) is 0 Å². The molecule has 0 bridgehead atoms. The maximum absolute atomic E-state index is 3.34. The number of hydrogen-bond acceptors (Lipinski definition) is 2. The number of rotatable bonds is 4. The minimum Gasteiger partial charge on any atom is -0.312 e. The molecule has 78 valence electrons. The molecule has 0 spiro atoms. The summed E-state index contributed by atoms with van der Waals surface area (Å²) >= 11 is 0. The first kappa shape index (κ1) is 12.7. The molecule has 0 aromatic rings. The van der Waals surface area contributed by atoms with Crippen LogP contribution in [0.2, 0.25) is 0 Å². The molecule has 0 heterocycles. The molecule has 0 aliphatic rings. The van der Waals surface area contributed by atoms with E-state index in [0.29, 0.717) is 6.04 Å². The summed E-state index contributed by atoms with van der Waals surface area (Å²) in [5.74, 6) is 0. The second kappa shape index (κ2) is 4.77. The Hall–Kier alpha value is -0.340. The van der Waals surface area contributed by atoms with Crippen molar-refractivity contribution in [2.75, 3.05) is 21.1 Å². The Morgan fingerprint density at radius 1 is 1.31 bits per heavy atom. The second-order valence-corrected chi connectivity index (χ2v) is 4.56. The molecule has 1 N–H and O–H groups in total. The van der Waals surface area contributed by atoms with Crippen LogP contribution in [0, 0.1) is 0 Å². The van der Waals surface area contributed by atoms with E-state index in [-0.39, 0.29) is 5.54 Å². The lowest BCUT2D eigenvalue weighted by atomic mass is 9.92. The lowest BCUT2D eigenvalue weighted by Gasteiger charge is -2.38. The quantitative estimate of drug-likeness (QED) is 0.671. The fraction of sp³-hybridized carbons (Fsp3) is 0.818. The Morgan fingerprint density at radius 3 is 2.00 bits per heavy atom. The third kappa shape index (κ3) is 3.49. The third-order valence-electron chi connectivity index (χ3n) is 2.72. The molecule has 13 heavy (non-hydrogen) atoms. The van der Waals surface area contributed by atoms with E-state index < -0.39 is 0 Å². The predicted molar refractivity (Wildman–Crippen MR) is 60.0 cm³/mol. The topological polar surface area (TPSA) is 15.3 Å². The van der Waals surface area contributed by atoms with Gasteiger partial charge in [-0.2, -0.15) is 0 Å². The van der Waals surface area contributed by atoms with Gasteiger partial charge in [0.1, 0.15) is 0 Å². The first-order chi connectivity index (χ1) is 5.82. The van der Waals surface area contributed by atoms with E-state index in [4.69, 9.17) is 0 Å². The Kier molecular flexibility index (Phi) is 4.65. The van der Waals surface area contributed by atoms with Crippen LogP contribution in [0.3, 0.4) is 0 Å². The van der Waals surface area contributed by atoms with Gasteiger partial charge in [0, 0.05) is 11.6 Å². The van der Waals surface area contributed by atoms with Crippen LogP contribution in [0.15, 0.2) is 11.6 Å². The van der Waals surface area contributed by atoms with Crippen LogP contribution in [0.5, 0.6) is 0 Å². The monoisotopic (exact) mass is 184 g/mol. The van der Waals surface area contributed by atoms with Crippen molar-refractivity contribution >= 4 is 0 Å².